The van der Waals surface area contributed by atoms with E-state index in [1.165, 1.54) is 12.1 Å². The average molecular weight is 305 g/mol. The number of hydrogen-bond acceptors (Lipinski definition) is 3. The minimum atomic E-state index is -4.41. The van der Waals surface area contributed by atoms with Crippen LogP contribution in [0.5, 0.6) is 5.75 Å². The quantitative estimate of drug-likeness (QED) is 0.898. The van der Waals surface area contributed by atoms with E-state index < -0.39 is 30.0 Å². The Balaban J connectivity index is 2.01. The monoisotopic (exact) mass is 305 g/mol. The summed E-state index contributed by atoms with van der Waals surface area (Å²) in [5, 5.41) is 18.1. The number of rotatable bonds is 3. The van der Waals surface area contributed by atoms with Crippen LogP contribution in [0.1, 0.15) is 12.0 Å². The highest BCUT2D eigenvalue weighted by Gasteiger charge is 2.36. The molecule has 0 aliphatic carbocycles. The molecule has 2 rings (SSSR count). The fourth-order valence-electron chi connectivity index (χ4n) is 2.28. The number of carbonyl (C=O) groups is 1. The van der Waals surface area contributed by atoms with E-state index in [9.17, 15) is 18.0 Å². The predicted molar refractivity (Wildman–Crippen MR) is 66.1 cm³/mol. The first kappa shape index (κ1) is 15.4. The lowest BCUT2D eigenvalue weighted by atomic mass is 10.2. The van der Waals surface area contributed by atoms with E-state index in [2.05, 4.69) is 0 Å². The molecule has 0 aromatic heterocycles. The molecule has 1 saturated heterocycles. The largest absolute Gasteiger partial charge is 0.489 e. The van der Waals surface area contributed by atoms with Crippen molar-refractivity contribution in [3.05, 3.63) is 29.8 Å². The molecular formula is C13H14F3NO4. The third kappa shape index (κ3) is 3.57. The lowest BCUT2D eigenvalue weighted by Gasteiger charge is -2.18. The van der Waals surface area contributed by atoms with Crippen molar-refractivity contribution >= 4 is 6.09 Å². The lowest BCUT2D eigenvalue weighted by Crippen LogP contribution is -2.36. The molecule has 1 aliphatic heterocycles. The van der Waals surface area contributed by atoms with E-state index in [-0.39, 0.29) is 18.9 Å². The van der Waals surface area contributed by atoms with Crippen LogP contribution in [0, 0.1) is 0 Å². The number of halogens is 3. The normalized spacial score (nSPS) is 22.4. The summed E-state index contributed by atoms with van der Waals surface area (Å²) < 4.78 is 42.7. The number of likely N-dealkylation sites (tertiary alicyclic amines) is 1. The molecule has 1 fully saturated rings. The van der Waals surface area contributed by atoms with Crippen LogP contribution < -0.4 is 4.74 Å². The molecule has 0 bridgehead atoms. The van der Waals surface area contributed by atoms with Gasteiger partial charge < -0.3 is 14.9 Å². The van der Waals surface area contributed by atoms with Crippen molar-refractivity contribution in [3.63, 3.8) is 0 Å². The van der Waals surface area contributed by atoms with Crippen molar-refractivity contribution < 1.29 is 32.9 Å². The fraction of sp³-hybridized carbons (Fsp3) is 0.462. The number of alkyl halides is 3. The number of aliphatic hydroxyl groups excluding tert-OH is 1. The number of aliphatic hydroxyl groups is 1. The number of amides is 1. The lowest BCUT2D eigenvalue weighted by molar-refractivity contribution is -0.137. The summed E-state index contributed by atoms with van der Waals surface area (Å²) in [5.74, 6) is 0.233. The van der Waals surface area contributed by atoms with Gasteiger partial charge in [-0.25, -0.2) is 4.79 Å². The van der Waals surface area contributed by atoms with E-state index in [1.54, 1.807) is 0 Å². The second-order valence-electron chi connectivity index (χ2n) is 4.77. The van der Waals surface area contributed by atoms with Crippen LogP contribution in [0.25, 0.3) is 0 Å². The molecule has 1 aromatic carbocycles. The molecule has 1 amide bonds. The number of carboxylic acid groups (broad SMARTS) is 1. The first-order valence-corrected chi connectivity index (χ1v) is 6.25. The Morgan fingerprint density at radius 3 is 2.38 bits per heavy atom. The van der Waals surface area contributed by atoms with Gasteiger partial charge in [-0.2, -0.15) is 13.2 Å². The van der Waals surface area contributed by atoms with Gasteiger partial charge in [0.2, 0.25) is 0 Å². The SMILES string of the molecule is O=C(O)N1C[C@@H](Oc2ccc(C(F)(F)F)cc2)C[C@H]1CO. The summed E-state index contributed by atoms with van der Waals surface area (Å²) in [5.41, 5.74) is -0.776. The summed E-state index contributed by atoms with van der Waals surface area (Å²) in [6, 6.07) is 3.65. The van der Waals surface area contributed by atoms with E-state index >= 15 is 0 Å². The zero-order chi connectivity index (χ0) is 15.6. The molecule has 2 atom stereocenters. The van der Waals surface area contributed by atoms with Crippen LogP contribution in [0.3, 0.4) is 0 Å². The van der Waals surface area contributed by atoms with Gasteiger partial charge in [0.15, 0.2) is 0 Å². The standard InChI is InChI=1S/C13H14F3NO4/c14-13(15,16)8-1-3-10(4-2-8)21-11-5-9(7-18)17(6-11)12(19)20/h1-4,9,11,18H,5-7H2,(H,19,20)/t9-,11-/m0/s1. The Morgan fingerprint density at radius 2 is 1.95 bits per heavy atom. The van der Waals surface area contributed by atoms with Gasteiger partial charge in [-0.05, 0) is 24.3 Å². The van der Waals surface area contributed by atoms with Crippen molar-refractivity contribution in [2.75, 3.05) is 13.2 Å². The summed E-state index contributed by atoms with van der Waals surface area (Å²) in [7, 11) is 0. The highest BCUT2D eigenvalue weighted by molar-refractivity contribution is 5.66. The summed E-state index contributed by atoms with van der Waals surface area (Å²) in [6.45, 7) is -0.249. The maximum absolute atomic E-state index is 12.4. The van der Waals surface area contributed by atoms with Crippen LogP contribution in [-0.2, 0) is 6.18 Å². The molecule has 0 saturated carbocycles. The molecule has 8 heteroatoms. The highest BCUT2D eigenvalue weighted by Crippen LogP contribution is 2.31. The number of hydrogen-bond donors (Lipinski definition) is 2. The molecule has 5 nitrogen and oxygen atoms in total. The summed E-state index contributed by atoms with van der Waals surface area (Å²) in [4.78, 5) is 12.0. The van der Waals surface area contributed by atoms with Crippen LogP contribution >= 0.6 is 0 Å². The second-order valence-corrected chi connectivity index (χ2v) is 4.77. The van der Waals surface area contributed by atoms with Crippen LogP contribution in [-0.4, -0.2) is 46.5 Å². The maximum Gasteiger partial charge on any atom is 0.416 e. The Morgan fingerprint density at radius 1 is 1.33 bits per heavy atom. The predicted octanol–water partition coefficient (Wildman–Crippen LogP) is 2.20. The average Bonchev–Trinajstić information content (AvgIpc) is 2.81. The fourth-order valence-corrected chi connectivity index (χ4v) is 2.28. The van der Waals surface area contributed by atoms with Gasteiger partial charge in [-0.3, -0.25) is 4.90 Å². The first-order valence-electron chi connectivity index (χ1n) is 6.25. The Labute approximate surface area is 118 Å². The Bertz CT molecular complexity index is 503. The maximum atomic E-state index is 12.4. The zero-order valence-electron chi connectivity index (χ0n) is 10.9. The van der Waals surface area contributed by atoms with E-state index in [4.69, 9.17) is 14.9 Å². The van der Waals surface area contributed by atoms with Crippen molar-refractivity contribution in [1.82, 2.24) is 4.90 Å². The number of nitrogens with zero attached hydrogens (tertiary/aromatic N) is 1. The van der Waals surface area contributed by atoms with E-state index in [0.29, 0.717) is 6.42 Å². The number of benzene rings is 1. The molecule has 21 heavy (non-hydrogen) atoms. The molecular weight excluding hydrogens is 291 g/mol. The van der Waals surface area contributed by atoms with Crippen molar-refractivity contribution in [2.45, 2.75) is 24.7 Å². The second kappa shape index (κ2) is 5.80. The van der Waals surface area contributed by atoms with Gasteiger partial charge >= 0.3 is 12.3 Å². The van der Waals surface area contributed by atoms with Gasteiger partial charge in [0, 0.05) is 6.42 Å². The highest BCUT2D eigenvalue weighted by atomic mass is 19.4. The van der Waals surface area contributed by atoms with Crippen molar-refractivity contribution in [3.8, 4) is 5.75 Å². The zero-order valence-corrected chi connectivity index (χ0v) is 10.9. The molecule has 0 radical (unpaired) electrons. The van der Waals surface area contributed by atoms with Gasteiger partial charge in [-0.15, -0.1) is 0 Å². The van der Waals surface area contributed by atoms with E-state index in [0.717, 1.165) is 17.0 Å². The topological polar surface area (TPSA) is 70.0 Å². The van der Waals surface area contributed by atoms with Crippen LogP contribution in [0.4, 0.5) is 18.0 Å². The van der Waals surface area contributed by atoms with Crippen molar-refractivity contribution in [1.29, 1.82) is 0 Å². The summed E-state index contributed by atoms with van der Waals surface area (Å²) in [6.07, 6.45) is -5.76. The third-order valence-corrected chi connectivity index (χ3v) is 3.32. The summed E-state index contributed by atoms with van der Waals surface area (Å²) >= 11 is 0. The van der Waals surface area contributed by atoms with E-state index in [1.807, 2.05) is 0 Å². The smallest absolute Gasteiger partial charge is 0.416 e. The molecule has 1 aliphatic rings. The Hall–Kier alpha value is -1.96. The van der Waals surface area contributed by atoms with Gasteiger partial charge in [0.1, 0.15) is 11.9 Å². The molecule has 1 heterocycles. The Kier molecular flexibility index (Phi) is 4.26. The van der Waals surface area contributed by atoms with Gasteiger partial charge in [0.05, 0.1) is 24.8 Å². The molecule has 0 unspecified atom stereocenters. The van der Waals surface area contributed by atoms with Gasteiger partial charge in [-0.1, -0.05) is 0 Å². The van der Waals surface area contributed by atoms with Crippen molar-refractivity contribution in [2.24, 2.45) is 0 Å². The minimum Gasteiger partial charge on any atom is -0.489 e. The third-order valence-electron chi connectivity index (χ3n) is 3.32. The molecule has 116 valence electrons. The molecule has 1 aromatic rings. The first-order chi connectivity index (χ1) is 9.81. The van der Waals surface area contributed by atoms with Crippen LogP contribution in [0.15, 0.2) is 24.3 Å². The molecule has 0 spiro atoms. The van der Waals surface area contributed by atoms with Crippen LogP contribution in [0.2, 0.25) is 0 Å². The minimum absolute atomic E-state index is 0.0710. The van der Waals surface area contributed by atoms with Gasteiger partial charge in [0.25, 0.3) is 0 Å². The molecule has 2 N–H and O–H groups in total. The number of ether oxygens (including phenoxy) is 1.